The van der Waals surface area contributed by atoms with E-state index in [0.29, 0.717) is 5.69 Å². The molecule has 3 aromatic carbocycles. The second-order valence-corrected chi connectivity index (χ2v) is 5.04. The van der Waals surface area contributed by atoms with Crippen molar-refractivity contribution >= 4 is 22.4 Å². The van der Waals surface area contributed by atoms with Crippen LogP contribution in [0.5, 0.6) is 5.75 Å². The number of fused-ring (bicyclic) bond motifs is 1. The number of phenols is 1. The first kappa shape index (κ1) is 13.2. The minimum absolute atomic E-state index is 0.0149. The van der Waals surface area contributed by atoms with Crippen LogP contribution < -0.4 is 5.32 Å². The zero-order valence-corrected chi connectivity index (χ0v) is 11.6. The van der Waals surface area contributed by atoms with Crippen LogP contribution in [0.25, 0.3) is 10.8 Å². The van der Waals surface area contributed by atoms with Crippen molar-refractivity contribution in [1.82, 2.24) is 0 Å². The number of nitrogens with one attached hydrogen (secondary N) is 1. The van der Waals surface area contributed by atoms with Crippen LogP contribution in [-0.4, -0.2) is 11.0 Å². The standard InChI is InChI=1S/C18H15NO2/c1-12-6-9-17(20)16(10-12)18(21)19-15-8-7-13-4-2-3-5-14(13)11-15/h2-11,20H,1H3,(H,19,21). The molecule has 0 saturated carbocycles. The van der Waals surface area contributed by atoms with Crippen LogP contribution in [0.2, 0.25) is 0 Å². The van der Waals surface area contributed by atoms with Crippen LogP contribution in [0, 0.1) is 6.92 Å². The Labute approximate surface area is 122 Å². The summed E-state index contributed by atoms with van der Waals surface area (Å²) < 4.78 is 0. The molecule has 0 unspecified atom stereocenters. The van der Waals surface area contributed by atoms with Gasteiger partial charge in [-0.15, -0.1) is 0 Å². The summed E-state index contributed by atoms with van der Waals surface area (Å²) in [6.45, 7) is 1.88. The van der Waals surface area contributed by atoms with E-state index < -0.39 is 0 Å². The van der Waals surface area contributed by atoms with Gasteiger partial charge in [-0.1, -0.05) is 42.0 Å². The highest BCUT2D eigenvalue weighted by Crippen LogP contribution is 2.22. The fourth-order valence-electron chi connectivity index (χ4n) is 2.30. The number of hydrogen-bond donors (Lipinski definition) is 2. The van der Waals surface area contributed by atoms with Crippen molar-refractivity contribution in [1.29, 1.82) is 0 Å². The smallest absolute Gasteiger partial charge is 0.259 e. The first-order valence-corrected chi connectivity index (χ1v) is 6.73. The van der Waals surface area contributed by atoms with E-state index in [-0.39, 0.29) is 17.2 Å². The van der Waals surface area contributed by atoms with Crippen LogP contribution in [0.1, 0.15) is 15.9 Å². The van der Waals surface area contributed by atoms with Gasteiger partial charge in [-0.05, 0) is 42.0 Å². The number of rotatable bonds is 2. The molecular weight excluding hydrogens is 262 g/mol. The van der Waals surface area contributed by atoms with E-state index >= 15 is 0 Å². The highest BCUT2D eigenvalue weighted by Gasteiger charge is 2.11. The summed E-state index contributed by atoms with van der Waals surface area (Å²) in [4.78, 5) is 12.3. The summed E-state index contributed by atoms with van der Waals surface area (Å²) in [7, 11) is 0. The van der Waals surface area contributed by atoms with Crippen LogP contribution in [0.3, 0.4) is 0 Å². The molecule has 0 fully saturated rings. The number of carbonyl (C=O) groups is 1. The number of amides is 1. The molecule has 0 heterocycles. The van der Waals surface area contributed by atoms with Crippen molar-refractivity contribution < 1.29 is 9.90 Å². The predicted molar refractivity (Wildman–Crippen MR) is 84.7 cm³/mol. The first-order chi connectivity index (χ1) is 10.1. The number of hydrogen-bond acceptors (Lipinski definition) is 2. The third-order valence-electron chi connectivity index (χ3n) is 3.40. The SMILES string of the molecule is Cc1ccc(O)c(C(=O)Nc2ccc3ccccc3c2)c1. The summed E-state index contributed by atoms with van der Waals surface area (Å²) >= 11 is 0. The molecule has 0 aliphatic carbocycles. The Morgan fingerprint density at radius 2 is 1.71 bits per heavy atom. The molecule has 3 nitrogen and oxygen atoms in total. The maximum Gasteiger partial charge on any atom is 0.259 e. The molecule has 0 aliphatic rings. The summed E-state index contributed by atoms with van der Waals surface area (Å²) in [5.74, 6) is -0.328. The number of carbonyl (C=O) groups excluding carboxylic acids is 1. The molecule has 0 saturated heterocycles. The lowest BCUT2D eigenvalue weighted by atomic mass is 10.1. The zero-order chi connectivity index (χ0) is 14.8. The van der Waals surface area contributed by atoms with Gasteiger partial charge >= 0.3 is 0 Å². The van der Waals surface area contributed by atoms with Crippen molar-refractivity contribution in [2.45, 2.75) is 6.92 Å². The van der Waals surface area contributed by atoms with Gasteiger partial charge in [0.15, 0.2) is 0 Å². The molecule has 21 heavy (non-hydrogen) atoms. The molecule has 1 amide bonds. The van der Waals surface area contributed by atoms with Gasteiger partial charge in [-0.3, -0.25) is 4.79 Å². The van der Waals surface area contributed by atoms with E-state index in [1.165, 1.54) is 6.07 Å². The van der Waals surface area contributed by atoms with Gasteiger partial charge < -0.3 is 10.4 Å². The molecule has 0 aliphatic heterocycles. The Kier molecular flexibility index (Phi) is 3.32. The number of benzene rings is 3. The molecule has 0 aromatic heterocycles. The van der Waals surface area contributed by atoms with Crippen molar-refractivity contribution in [3.63, 3.8) is 0 Å². The molecule has 0 atom stereocenters. The second kappa shape index (κ2) is 5.29. The topological polar surface area (TPSA) is 49.3 Å². The monoisotopic (exact) mass is 277 g/mol. The number of aromatic hydroxyl groups is 1. The number of aryl methyl sites for hydroxylation is 1. The Hall–Kier alpha value is -2.81. The third-order valence-corrected chi connectivity index (χ3v) is 3.40. The third kappa shape index (κ3) is 2.72. The molecule has 3 aromatic rings. The Morgan fingerprint density at radius 1 is 0.952 bits per heavy atom. The van der Waals surface area contributed by atoms with Gasteiger partial charge in [0, 0.05) is 5.69 Å². The van der Waals surface area contributed by atoms with Gasteiger partial charge in [0.1, 0.15) is 5.75 Å². The predicted octanol–water partition coefficient (Wildman–Crippen LogP) is 4.11. The van der Waals surface area contributed by atoms with E-state index in [1.807, 2.05) is 49.4 Å². The molecule has 3 heteroatoms. The van der Waals surface area contributed by atoms with Crippen molar-refractivity contribution in [2.24, 2.45) is 0 Å². The molecule has 0 radical (unpaired) electrons. The van der Waals surface area contributed by atoms with Crippen LogP contribution in [-0.2, 0) is 0 Å². The maximum absolute atomic E-state index is 12.3. The van der Waals surface area contributed by atoms with Crippen LogP contribution in [0.4, 0.5) is 5.69 Å². The minimum atomic E-state index is -0.313. The van der Waals surface area contributed by atoms with E-state index in [4.69, 9.17) is 0 Å². The lowest BCUT2D eigenvalue weighted by Crippen LogP contribution is -2.12. The highest BCUT2D eigenvalue weighted by atomic mass is 16.3. The van der Waals surface area contributed by atoms with E-state index in [2.05, 4.69) is 5.32 Å². The first-order valence-electron chi connectivity index (χ1n) is 6.73. The van der Waals surface area contributed by atoms with E-state index in [9.17, 15) is 9.90 Å². The minimum Gasteiger partial charge on any atom is -0.507 e. The van der Waals surface area contributed by atoms with Crippen molar-refractivity contribution in [3.8, 4) is 5.75 Å². The van der Waals surface area contributed by atoms with E-state index in [0.717, 1.165) is 16.3 Å². The van der Waals surface area contributed by atoms with Gasteiger partial charge in [0.2, 0.25) is 0 Å². The molecule has 3 rings (SSSR count). The summed E-state index contributed by atoms with van der Waals surface area (Å²) in [5, 5.41) is 14.8. The van der Waals surface area contributed by atoms with Gasteiger partial charge in [-0.2, -0.15) is 0 Å². The quantitative estimate of drug-likeness (QED) is 0.740. The number of anilines is 1. The second-order valence-electron chi connectivity index (χ2n) is 5.04. The molecule has 2 N–H and O–H groups in total. The maximum atomic E-state index is 12.3. The lowest BCUT2D eigenvalue weighted by molar-refractivity contribution is 0.102. The average Bonchev–Trinajstić information content (AvgIpc) is 2.49. The van der Waals surface area contributed by atoms with Crippen LogP contribution in [0.15, 0.2) is 60.7 Å². The Bertz CT molecular complexity index is 824. The summed E-state index contributed by atoms with van der Waals surface area (Å²) in [5.41, 5.74) is 1.92. The summed E-state index contributed by atoms with van der Waals surface area (Å²) in [6.07, 6.45) is 0. The zero-order valence-electron chi connectivity index (χ0n) is 11.6. The van der Waals surface area contributed by atoms with Gasteiger partial charge in [0.25, 0.3) is 5.91 Å². The fourth-order valence-corrected chi connectivity index (χ4v) is 2.30. The van der Waals surface area contributed by atoms with E-state index in [1.54, 1.807) is 12.1 Å². The molecule has 0 spiro atoms. The molecular formula is C18H15NO2. The Balaban J connectivity index is 1.90. The van der Waals surface area contributed by atoms with Crippen LogP contribution >= 0.6 is 0 Å². The largest absolute Gasteiger partial charge is 0.507 e. The lowest BCUT2D eigenvalue weighted by Gasteiger charge is -2.08. The number of phenolic OH excluding ortho intramolecular Hbond substituents is 1. The Morgan fingerprint density at radius 3 is 2.52 bits per heavy atom. The summed E-state index contributed by atoms with van der Waals surface area (Å²) in [6, 6.07) is 18.7. The molecule has 0 bridgehead atoms. The van der Waals surface area contributed by atoms with Gasteiger partial charge in [-0.25, -0.2) is 0 Å². The average molecular weight is 277 g/mol. The highest BCUT2D eigenvalue weighted by molar-refractivity contribution is 6.07. The van der Waals surface area contributed by atoms with Crippen molar-refractivity contribution in [3.05, 3.63) is 71.8 Å². The fraction of sp³-hybridized carbons (Fsp3) is 0.0556. The van der Waals surface area contributed by atoms with Gasteiger partial charge in [0.05, 0.1) is 5.56 Å². The molecule has 104 valence electrons. The van der Waals surface area contributed by atoms with Crippen molar-refractivity contribution in [2.75, 3.05) is 5.32 Å². The normalized spacial score (nSPS) is 10.5.